The van der Waals surface area contributed by atoms with Gasteiger partial charge in [0.25, 0.3) is 5.69 Å². The zero-order valence-electron chi connectivity index (χ0n) is 18.1. The molecule has 0 fully saturated rings. The maximum absolute atomic E-state index is 12.8. The molecule has 31 heavy (non-hydrogen) atoms. The molecule has 0 bridgehead atoms. The fourth-order valence-corrected chi connectivity index (χ4v) is 4.51. The van der Waals surface area contributed by atoms with Gasteiger partial charge in [-0.2, -0.15) is 0 Å². The van der Waals surface area contributed by atoms with E-state index in [0.29, 0.717) is 17.9 Å². The summed E-state index contributed by atoms with van der Waals surface area (Å²) in [7, 11) is 0. The second-order valence-electron chi connectivity index (χ2n) is 8.54. The van der Waals surface area contributed by atoms with Gasteiger partial charge in [0.05, 0.1) is 10.3 Å². The van der Waals surface area contributed by atoms with Crippen molar-refractivity contribution in [3.63, 3.8) is 0 Å². The Bertz CT molecular complexity index is 1060. The van der Waals surface area contributed by atoms with E-state index in [1.807, 2.05) is 35.3 Å². The Morgan fingerprint density at radius 3 is 2.74 bits per heavy atom. The van der Waals surface area contributed by atoms with Crippen LogP contribution in [0.15, 0.2) is 48.5 Å². The quantitative estimate of drug-likeness (QED) is 0.424. The molecule has 1 amide bonds. The summed E-state index contributed by atoms with van der Waals surface area (Å²) in [6.45, 7) is 7.08. The zero-order chi connectivity index (χ0) is 22.2. The summed E-state index contributed by atoms with van der Waals surface area (Å²) in [6.07, 6.45) is 5.74. The van der Waals surface area contributed by atoms with Crippen LogP contribution < -0.4 is 15.0 Å². The third-order valence-electron chi connectivity index (χ3n) is 6.28. The summed E-state index contributed by atoms with van der Waals surface area (Å²) in [5.74, 6) is 0.497. The van der Waals surface area contributed by atoms with E-state index in [0.717, 1.165) is 24.1 Å². The number of para-hydroxylation sites is 1. The van der Waals surface area contributed by atoms with Crippen molar-refractivity contribution in [2.75, 3.05) is 18.0 Å². The fourth-order valence-electron chi connectivity index (χ4n) is 4.51. The Morgan fingerprint density at radius 2 is 2.00 bits per heavy atom. The first-order valence-electron chi connectivity index (χ1n) is 10.6. The Hall–Kier alpha value is -3.35. The molecule has 2 aliphatic rings. The number of nitrogens with one attached hydrogen (secondary N) is 1. The zero-order valence-corrected chi connectivity index (χ0v) is 18.1. The van der Waals surface area contributed by atoms with Gasteiger partial charge in [-0.1, -0.05) is 31.5 Å². The molecule has 2 aliphatic heterocycles. The molecule has 4 rings (SSSR count). The number of anilines is 1. The summed E-state index contributed by atoms with van der Waals surface area (Å²) < 4.78 is 6.59. The van der Waals surface area contributed by atoms with Crippen molar-refractivity contribution < 1.29 is 14.5 Å². The van der Waals surface area contributed by atoms with Crippen molar-refractivity contribution in [3.05, 3.63) is 69.8 Å². The number of carbonyl (C=O) groups excluding carboxylic acids is 1. The number of nitro benzene ring substituents is 1. The number of benzene rings is 2. The Balaban J connectivity index is 1.74. The molecule has 1 N–H and O–H groups in total. The van der Waals surface area contributed by atoms with Crippen LogP contribution >= 0.6 is 0 Å². The first-order valence-corrected chi connectivity index (χ1v) is 10.6. The maximum atomic E-state index is 12.8. The third kappa shape index (κ3) is 3.34. The summed E-state index contributed by atoms with van der Waals surface area (Å²) in [6, 6.07) is 12.6. The molecule has 7 heteroatoms. The van der Waals surface area contributed by atoms with Crippen LogP contribution in [-0.2, 0) is 10.2 Å². The van der Waals surface area contributed by atoms with Crippen LogP contribution in [0.5, 0.6) is 5.75 Å². The third-order valence-corrected chi connectivity index (χ3v) is 6.28. The Kier molecular flexibility index (Phi) is 5.21. The minimum atomic E-state index is -0.929. The van der Waals surface area contributed by atoms with E-state index in [-0.39, 0.29) is 18.1 Å². The van der Waals surface area contributed by atoms with E-state index in [1.54, 1.807) is 6.07 Å². The smallest absolute Gasteiger partial charge is 0.270 e. The highest BCUT2D eigenvalue weighted by Gasteiger charge is 2.59. The molecule has 0 aliphatic carbocycles. The van der Waals surface area contributed by atoms with Gasteiger partial charge in [-0.05, 0) is 50.1 Å². The monoisotopic (exact) mass is 421 g/mol. The number of unbranched alkanes of at least 4 members (excludes halogenated alkanes) is 1. The van der Waals surface area contributed by atoms with Gasteiger partial charge >= 0.3 is 0 Å². The molecule has 0 saturated carbocycles. The number of hydrogen-bond acceptors (Lipinski definition) is 5. The number of fused-ring (bicyclic) bond motifs is 2. The van der Waals surface area contributed by atoms with E-state index < -0.39 is 16.1 Å². The molecule has 1 spiro atoms. The lowest BCUT2D eigenvalue weighted by Gasteiger charge is -2.46. The molecule has 2 aromatic rings. The van der Waals surface area contributed by atoms with Gasteiger partial charge in [0.15, 0.2) is 0 Å². The van der Waals surface area contributed by atoms with Gasteiger partial charge in [0.2, 0.25) is 11.6 Å². The van der Waals surface area contributed by atoms with E-state index >= 15 is 0 Å². The highest BCUT2D eigenvalue weighted by atomic mass is 16.6. The summed E-state index contributed by atoms with van der Waals surface area (Å²) >= 11 is 0. The van der Waals surface area contributed by atoms with Crippen LogP contribution in [0, 0.1) is 10.1 Å². The normalized spacial score (nSPS) is 20.2. The number of rotatable bonds is 6. The van der Waals surface area contributed by atoms with Crippen molar-refractivity contribution in [3.8, 4) is 5.75 Å². The van der Waals surface area contributed by atoms with Gasteiger partial charge in [-0.15, -0.1) is 0 Å². The number of nitrogens with zero attached hydrogens (tertiary/aromatic N) is 2. The van der Waals surface area contributed by atoms with Crippen LogP contribution in [0.1, 0.15) is 44.7 Å². The van der Waals surface area contributed by atoms with Crippen molar-refractivity contribution in [2.45, 2.75) is 44.8 Å². The van der Waals surface area contributed by atoms with Gasteiger partial charge in [0, 0.05) is 29.9 Å². The second-order valence-corrected chi connectivity index (χ2v) is 8.54. The predicted molar refractivity (Wildman–Crippen MR) is 120 cm³/mol. The highest BCUT2D eigenvalue weighted by Crippen LogP contribution is 2.54. The largest absolute Gasteiger partial charge is 0.463 e. The molecule has 0 radical (unpaired) electrons. The molecule has 7 nitrogen and oxygen atoms in total. The minimum absolute atomic E-state index is 0.0177. The van der Waals surface area contributed by atoms with Crippen molar-refractivity contribution in [1.82, 2.24) is 5.32 Å². The van der Waals surface area contributed by atoms with E-state index in [9.17, 15) is 14.9 Å². The lowest BCUT2D eigenvalue weighted by molar-refractivity contribution is -0.384. The van der Waals surface area contributed by atoms with E-state index in [2.05, 4.69) is 32.2 Å². The van der Waals surface area contributed by atoms with Gasteiger partial charge in [-0.25, -0.2) is 0 Å². The Labute approximate surface area is 181 Å². The summed E-state index contributed by atoms with van der Waals surface area (Å²) in [5.41, 5.74) is 1.31. The maximum Gasteiger partial charge on any atom is 0.270 e. The lowest BCUT2D eigenvalue weighted by Crippen LogP contribution is -2.61. The van der Waals surface area contributed by atoms with E-state index in [1.165, 1.54) is 12.1 Å². The molecular weight excluding hydrogens is 394 g/mol. The summed E-state index contributed by atoms with van der Waals surface area (Å²) in [5, 5.41) is 14.2. The molecule has 0 saturated heterocycles. The number of nitro groups is 1. The molecule has 0 aromatic heterocycles. The average Bonchev–Trinajstić information content (AvgIpc) is 2.92. The second kappa shape index (κ2) is 7.72. The topological polar surface area (TPSA) is 84.7 Å². The number of carbonyl (C=O) groups is 1. The van der Waals surface area contributed by atoms with Crippen LogP contribution in [-0.4, -0.2) is 29.6 Å². The molecule has 2 aromatic carbocycles. The Morgan fingerprint density at radius 1 is 1.23 bits per heavy atom. The minimum Gasteiger partial charge on any atom is -0.463 e. The highest BCUT2D eigenvalue weighted by molar-refractivity contribution is 5.85. The standard InChI is InChI=1S/C24H27N3O4/c1-4-5-14-25-22(28)16-26-20-9-7-6-8-19(20)23(2,3)24(26)13-12-17-15-18(27(29)30)10-11-21(17)31-24/h6-13,15H,4-5,14,16H2,1-3H3,(H,25,28). The summed E-state index contributed by atoms with van der Waals surface area (Å²) in [4.78, 5) is 25.5. The average molecular weight is 421 g/mol. The number of hydrogen-bond donors (Lipinski definition) is 1. The van der Waals surface area contributed by atoms with Crippen LogP contribution in [0.3, 0.4) is 0 Å². The van der Waals surface area contributed by atoms with E-state index in [4.69, 9.17) is 4.74 Å². The first-order chi connectivity index (χ1) is 14.8. The van der Waals surface area contributed by atoms with Crippen LogP contribution in [0.2, 0.25) is 0 Å². The van der Waals surface area contributed by atoms with Crippen molar-refractivity contribution in [2.24, 2.45) is 0 Å². The SMILES string of the molecule is CCCCNC(=O)CN1c2ccccc2C(C)(C)C12C=Cc1cc([N+](=O)[O-])ccc1O2. The van der Waals surface area contributed by atoms with Gasteiger partial charge in [-0.3, -0.25) is 14.9 Å². The molecule has 1 unspecified atom stereocenters. The van der Waals surface area contributed by atoms with Crippen molar-refractivity contribution >= 4 is 23.4 Å². The van der Waals surface area contributed by atoms with Crippen molar-refractivity contribution in [1.29, 1.82) is 0 Å². The van der Waals surface area contributed by atoms with Crippen LogP contribution in [0.4, 0.5) is 11.4 Å². The lowest BCUT2D eigenvalue weighted by atomic mass is 9.76. The number of amides is 1. The van der Waals surface area contributed by atoms with Gasteiger partial charge in [0.1, 0.15) is 12.3 Å². The molecular formula is C24H27N3O4. The number of ether oxygens (including phenoxy) is 1. The molecule has 1 atom stereocenters. The first kappa shape index (κ1) is 20.9. The van der Waals surface area contributed by atoms with Gasteiger partial charge < -0.3 is 15.0 Å². The fraction of sp³-hybridized carbons (Fsp3) is 0.375. The molecule has 2 heterocycles. The van der Waals surface area contributed by atoms with Crippen LogP contribution in [0.25, 0.3) is 6.08 Å². The predicted octanol–water partition coefficient (Wildman–Crippen LogP) is 4.41. The molecule has 162 valence electrons. The number of non-ortho nitro benzene ring substituents is 1.